The van der Waals surface area contributed by atoms with Gasteiger partial charge in [-0.3, -0.25) is 19.2 Å². The van der Waals surface area contributed by atoms with E-state index in [-0.39, 0.29) is 25.7 Å². The van der Waals surface area contributed by atoms with Gasteiger partial charge in [0.05, 0.1) is 7.11 Å². The summed E-state index contributed by atoms with van der Waals surface area (Å²) in [5.41, 5.74) is 4.59. The average Bonchev–Trinajstić information content (AvgIpc) is 3.12. The van der Waals surface area contributed by atoms with Crippen molar-refractivity contribution in [3.05, 3.63) is 120 Å². The van der Waals surface area contributed by atoms with Gasteiger partial charge in [-0.25, -0.2) is 9.59 Å². The van der Waals surface area contributed by atoms with Crippen LogP contribution in [0.5, 0.6) is 0 Å². The lowest BCUT2D eigenvalue weighted by molar-refractivity contribution is -0.143. The minimum atomic E-state index is -1.26. The Balaban J connectivity index is 0.000000266. The van der Waals surface area contributed by atoms with E-state index in [1.165, 1.54) is 7.11 Å². The summed E-state index contributed by atoms with van der Waals surface area (Å²) in [6.45, 7) is 0. The van der Waals surface area contributed by atoms with Crippen LogP contribution in [0.1, 0.15) is 46.4 Å². The highest BCUT2D eigenvalue weighted by Crippen LogP contribution is 2.20. The molecule has 0 aromatic heterocycles. The number of carbonyl (C=O) groups excluding carboxylic acids is 3. The lowest BCUT2D eigenvalue weighted by atomic mass is 10.0. The normalized spacial score (nSPS) is 11.4. The summed E-state index contributed by atoms with van der Waals surface area (Å²) in [5.74, 6) is -5.14. The molecule has 0 aliphatic heterocycles. The molecule has 0 bridgehead atoms. The van der Waals surface area contributed by atoms with E-state index in [0.717, 1.165) is 22.3 Å². The summed E-state index contributed by atoms with van der Waals surface area (Å²) in [6.07, 6.45) is -0.612. The van der Waals surface area contributed by atoms with Crippen molar-refractivity contribution in [2.45, 2.75) is 37.8 Å². The van der Waals surface area contributed by atoms with Crippen molar-refractivity contribution in [2.75, 3.05) is 7.11 Å². The third-order valence-electron chi connectivity index (χ3n) is 7.23. The van der Waals surface area contributed by atoms with Crippen LogP contribution >= 0.6 is 0 Å². The van der Waals surface area contributed by atoms with Crippen molar-refractivity contribution in [3.8, 4) is 22.3 Å². The van der Waals surface area contributed by atoms with Gasteiger partial charge in [0.2, 0.25) is 0 Å². The number of nitrogens with one attached hydrogen (secondary N) is 2. The van der Waals surface area contributed by atoms with Crippen LogP contribution in [-0.4, -0.2) is 70.2 Å². The Morgan fingerprint density at radius 3 is 1.20 bits per heavy atom. The highest BCUT2D eigenvalue weighted by Gasteiger charge is 2.23. The van der Waals surface area contributed by atoms with Gasteiger partial charge in [0.25, 0.3) is 11.8 Å². The number of ether oxygens (including phenoxy) is 1. The molecule has 0 heterocycles. The third kappa shape index (κ3) is 12.1. The monoisotopic (exact) mass is 668 g/mol. The summed E-state index contributed by atoms with van der Waals surface area (Å²) in [5, 5.41) is 31.6. The minimum Gasteiger partial charge on any atom is -0.481 e. The summed E-state index contributed by atoms with van der Waals surface area (Å²) in [6, 6.07) is 30.6. The van der Waals surface area contributed by atoms with Gasteiger partial charge in [0.1, 0.15) is 12.1 Å². The molecule has 0 saturated heterocycles. The van der Waals surface area contributed by atoms with Crippen LogP contribution in [0.15, 0.2) is 109 Å². The molecule has 254 valence electrons. The number of amides is 2. The van der Waals surface area contributed by atoms with Gasteiger partial charge in [-0.1, -0.05) is 84.9 Å². The molecule has 2 amide bonds. The van der Waals surface area contributed by atoms with Gasteiger partial charge in [-0.15, -0.1) is 0 Å². The van der Waals surface area contributed by atoms with Crippen molar-refractivity contribution in [3.63, 3.8) is 0 Å². The fourth-order valence-electron chi connectivity index (χ4n) is 4.52. The van der Waals surface area contributed by atoms with Crippen LogP contribution in [0.25, 0.3) is 22.3 Å². The van der Waals surface area contributed by atoms with E-state index in [1.807, 2.05) is 60.7 Å². The Kier molecular flexibility index (Phi) is 14.2. The second kappa shape index (κ2) is 18.7. The number of carboxylic acid groups (broad SMARTS) is 3. The second-order valence-corrected chi connectivity index (χ2v) is 10.7. The maximum atomic E-state index is 12.2. The average molecular weight is 669 g/mol. The molecule has 0 saturated carbocycles. The van der Waals surface area contributed by atoms with Crippen LogP contribution in [0.2, 0.25) is 0 Å². The SMILES string of the molecule is COC(=O)CCC(NC(=O)c1ccc(-c2ccccc2)cc1)C(=O)O.O=C(O)CCC(NC(=O)c1ccc(-c2ccccc2)cc1)C(=O)O. The molecule has 4 aromatic carbocycles. The van der Waals surface area contributed by atoms with E-state index in [2.05, 4.69) is 15.4 Å². The number of methoxy groups -OCH3 is 1. The smallest absolute Gasteiger partial charge is 0.326 e. The molecule has 2 unspecified atom stereocenters. The van der Waals surface area contributed by atoms with Crippen LogP contribution < -0.4 is 10.6 Å². The van der Waals surface area contributed by atoms with E-state index in [0.29, 0.717) is 11.1 Å². The van der Waals surface area contributed by atoms with Gasteiger partial charge in [-0.05, 0) is 59.4 Å². The second-order valence-electron chi connectivity index (χ2n) is 10.7. The van der Waals surface area contributed by atoms with Crippen LogP contribution in [0, 0.1) is 0 Å². The van der Waals surface area contributed by atoms with E-state index in [9.17, 15) is 33.9 Å². The van der Waals surface area contributed by atoms with Crippen molar-refractivity contribution < 1.29 is 48.8 Å². The van der Waals surface area contributed by atoms with Gasteiger partial charge in [-0.2, -0.15) is 0 Å². The van der Waals surface area contributed by atoms with Crippen molar-refractivity contribution in [2.24, 2.45) is 0 Å². The lowest BCUT2D eigenvalue weighted by Crippen LogP contribution is -2.41. The Morgan fingerprint density at radius 1 is 0.531 bits per heavy atom. The first-order valence-corrected chi connectivity index (χ1v) is 15.2. The van der Waals surface area contributed by atoms with Crippen molar-refractivity contribution in [1.82, 2.24) is 10.6 Å². The molecule has 0 spiro atoms. The Labute approximate surface area is 282 Å². The highest BCUT2D eigenvalue weighted by atomic mass is 16.5. The van der Waals surface area contributed by atoms with Gasteiger partial charge in [0, 0.05) is 24.0 Å². The highest BCUT2D eigenvalue weighted by molar-refractivity contribution is 5.98. The maximum absolute atomic E-state index is 12.2. The molecule has 0 aliphatic rings. The molecule has 5 N–H and O–H groups in total. The summed E-state index contributed by atoms with van der Waals surface area (Å²) in [7, 11) is 1.23. The van der Waals surface area contributed by atoms with E-state index in [1.54, 1.807) is 48.5 Å². The zero-order chi connectivity index (χ0) is 35.8. The first kappa shape index (κ1) is 37.2. The Morgan fingerprint density at radius 2 is 0.878 bits per heavy atom. The molecule has 0 radical (unpaired) electrons. The first-order valence-electron chi connectivity index (χ1n) is 15.2. The number of hydrogen-bond donors (Lipinski definition) is 5. The maximum Gasteiger partial charge on any atom is 0.326 e. The van der Waals surface area contributed by atoms with Gasteiger partial charge >= 0.3 is 23.9 Å². The number of benzene rings is 4. The van der Waals surface area contributed by atoms with Crippen LogP contribution in [0.3, 0.4) is 0 Å². The molecular weight excluding hydrogens is 632 g/mol. The predicted molar refractivity (Wildman–Crippen MR) is 180 cm³/mol. The molecular formula is C37H36N2O10. The Hall–Kier alpha value is -6.30. The molecule has 49 heavy (non-hydrogen) atoms. The zero-order valence-corrected chi connectivity index (χ0v) is 26.6. The van der Waals surface area contributed by atoms with E-state index >= 15 is 0 Å². The molecule has 12 heteroatoms. The number of hydrogen-bond acceptors (Lipinski definition) is 7. The standard InChI is InChI=1S/C19H19NO5.C18H17NO5/c1-25-17(21)12-11-16(19(23)24)20-18(22)15-9-7-14(8-10-15)13-5-3-2-4-6-13;20-16(21)11-10-15(18(23)24)19-17(22)14-8-6-13(7-9-14)12-4-2-1-3-5-12/h2-10,16H,11-12H2,1H3,(H,20,22)(H,23,24);1-9,15H,10-11H2,(H,19,22)(H,20,21)(H,23,24). The number of esters is 1. The fourth-order valence-corrected chi connectivity index (χ4v) is 4.52. The number of carboxylic acids is 3. The quantitative estimate of drug-likeness (QED) is 0.115. The predicted octanol–water partition coefficient (Wildman–Crippen LogP) is 4.89. The summed E-state index contributed by atoms with van der Waals surface area (Å²) >= 11 is 0. The van der Waals surface area contributed by atoms with E-state index < -0.39 is 47.8 Å². The molecule has 2 atom stereocenters. The topological polar surface area (TPSA) is 196 Å². The summed E-state index contributed by atoms with van der Waals surface area (Å²) in [4.78, 5) is 68.4. The molecule has 4 aromatic rings. The van der Waals surface area contributed by atoms with Crippen molar-refractivity contribution >= 4 is 35.7 Å². The minimum absolute atomic E-state index is 0.0319. The number of carbonyl (C=O) groups is 6. The largest absolute Gasteiger partial charge is 0.481 e. The van der Waals surface area contributed by atoms with Gasteiger partial charge in [0.15, 0.2) is 0 Å². The fraction of sp³-hybridized carbons (Fsp3) is 0.189. The number of aliphatic carboxylic acids is 3. The zero-order valence-electron chi connectivity index (χ0n) is 26.6. The lowest BCUT2D eigenvalue weighted by Gasteiger charge is -2.14. The molecule has 0 aliphatic carbocycles. The first-order chi connectivity index (χ1) is 23.5. The van der Waals surface area contributed by atoms with E-state index in [4.69, 9.17) is 10.2 Å². The van der Waals surface area contributed by atoms with Crippen LogP contribution in [-0.2, 0) is 23.9 Å². The third-order valence-corrected chi connectivity index (χ3v) is 7.23. The molecule has 0 fully saturated rings. The molecule has 12 nitrogen and oxygen atoms in total. The van der Waals surface area contributed by atoms with Gasteiger partial charge < -0.3 is 30.7 Å². The molecule has 4 rings (SSSR count). The Bertz CT molecular complexity index is 1720. The summed E-state index contributed by atoms with van der Waals surface area (Å²) < 4.78 is 4.48. The van der Waals surface area contributed by atoms with Crippen molar-refractivity contribution in [1.29, 1.82) is 0 Å². The number of rotatable bonds is 14. The van der Waals surface area contributed by atoms with Crippen LogP contribution in [0.4, 0.5) is 0 Å².